The molecule has 2 heterocycles. The van der Waals surface area contributed by atoms with Gasteiger partial charge in [0, 0.05) is 27.6 Å². The highest BCUT2D eigenvalue weighted by Gasteiger charge is 2.06. The van der Waals surface area contributed by atoms with Crippen LogP contribution >= 0.6 is 22.6 Å². The van der Waals surface area contributed by atoms with Crippen LogP contribution in [0.5, 0.6) is 0 Å². The van der Waals surface area contributed by atoms with Crippen LogP contribution < -0.4 is 0 Å². The van der Waals surface area contributed by atoms with E-state index in [2.05, 4.69) is 77.1 Å². The molecule has 0 radical (unpaired) electrons. The zero-order valence-corrected chi connectivity index (χ0v) is 14.2. The summed E-state index contributed by atoms with van der Waals surface area (Å²) < 4.78 is 5.13. The van der Waals surface area contributed by atoms with Crippen LogP contribution in [0.2, 0.25) is 0 Å². The van der Waals surface area contributed by atoms with E-state index in [1.54, 1.807) is 0 Å². The van der Waals surface area contributed by atoms with E-state index in [-0.39, 0.29) is 0 Å². The normalized spacial score (nSPS) is 11.2. The van der Waals surface area contributed by atoms with Crippen LogP contribution in [0.1, 0.15) is 25.6 Å². The Morgan fingerprint density at radius 2 is 2.05 bits per heavy atom. The first-order valence-corrected chi connectivity index (χ1v) is 8.02. The van der Waals surface area contributed by atoms with Gasteiger partial charge in [0.25, 0.3) is 0 Å². The Labute approximate surface area is 137 Å². The molecule has 108 valence electrons. The molecule has 5 heteroatoms. The molecule has 21 heavy (non-hydrogen) atoms. The predicted molar refractivity (Wildman–Crippen MR) is 92.1 cm³/mol. The molecule has 0 spiro atoms. The van der Waals surface area contributed by atoms with Crippen molar-refractivity contribution in [2.75, 3.05) is 0 Å². The average molecular weight is 392 g/mol. The summed E-state index contributed by atoms with van der Waals surface area (Å²) in [5.41, 5.74) is 3.36. The molecule has 0 aliphatic heterocycles. The number of hydrogen-bond donors (Lipinski definition) is 0. The van der Waals surface area contributed by atoms with Crippen LogP contribution in [-0.2, 0) is 6.54 Å². The van der Waals surface area contributed by atoms with Crippen LogP contribution in [0.15, 0.2) is 48.9 Å². The van der Waals surface area contributed by atoms with Crippen LogP contribution in [0.25, 0.3) is 11.1 Å². The van der Waals surface area contributed by atoms with Crippen molar-refractivity contribution in [2.24, 2.45) is 0 Å². The van der Waals surface area contributed by atoms with E-state index in [1.165, 1.54) is 9.13 Å². The summed E-state index contributed by atoms with van der Waals surface area (Å²) >= 11 is 2.33. The van der Waals surface area contributed by atoms with Gasteiger partial charge in [0.1, 0.15) is 0 Å². The van der Waals surface area contributed by atoms with Crippen molar-refractivity contribution in [3.63, 3.8) is 0 Å². The van der Waals surface area contributed by atoms with Gasteiger partial charge < -0.3 is 0 Å². The average Bonchev–Trinajstić information content (AvgIpc) is 3.08. The first-order valence-electron chi connectivity index (χ1n) is 6.94. The number of hydrogen-bond acceptors (Lipinski definition) is 2. The van der Waals surface area contributed by atoms with E-state index >= 15 is 0 Å². The number of aromatic nitrogens is 4. The van der Waals surface area contributed by atoms with E-state index in [4.69, 9.17) is 0 Å². The van der Waals surface area contributed by atoms with E-state index in [0.29, 0.717) is 12.6 Å². The lowest BCUT2D eigenvalue weighted by Crippen LogP contribution is -2.04. The van der Waals surface area contributed by atoms with E-state index in [0.717, 1.165) is 11.3 Å². The molecule has 3 rings (SSSR count). The van der Waals surface area contributed by atoms with Crippen LogP contribution in [0.4, 0.5) is 0 Å². The lowest BCUT2D eigenvalue weighted by molar-refractivity contribution is 0.521. The first-order chi connectivity index (χ1) is 10.1. The maximum absolute atomic E-state index is 4.56. The van der Waals surface area contributed by atoms with Gasteiger partial charge in [-0.25, -0.2) is 0 Å². The summed E-state index contributed by atoms with van der Waals surface area (Å²) in [4.78, 5) is 0. The molecule has 0 saturated heterocycles. The molecule has 0 saturated carbocycles. The fraction of sp³-hybridized carbons (Fsp3) is 0.250. The monoisotopic (exact) mass is 392 g/mol. The molecule has 0 aliphatic carbocycles. The van der Waals surface area contributed by atoms with Gasteiger partial charge in [-0.15, -0.1) is 0 Å². The van der Waals surface area contributed by atoms with Crippen molar-refractivity contribution >= 4 is 22.6 Å². The fourth-order valence-corrected chi connectivity index (χ4v) is 2.73. The predicted octanol–water partition coefficient (Wildman–Crippen LogP) is 3.98. The summed E-state index contributed by atoms with van der Waals surface area (Å²) in [7, 11) is 0. The summed E-state index contributed by atoms with van der Waals surface area (Å²) in [5.74, 6) is 0. The van der Waals surface area contributed by atoms with Crippen LogP contribution in [-0.4, -0.2) is 19.6 Å². The Hall–Kier alpha value is -1.63. The molecule has 0 bridgehead atoms. The third-order valence-electron chi connectivity index (χ3n) is 3.31. The molecule has 0 aliphatic rings. The SMILES string of the molecule is CC(C)n1ccc(Cn2cc(-c3cccc(I)c3)cn2)n1. The summed E-state index contributed by atoms with van der Waals surface area (Å²) in [6.07, 6.45) is 5.99. The molecule has 0 atom stereocenters. The zero-order chi connectivity index (χ0) is 14.8. The van der Waals surface area contributed by atoms with Gasteiger partial charge >= 0.3 is 0 Å². The molecule has 0 N–H and O–H groups in total. The Bertz CT molecular complexity index is 742. The third-order valence-corrected chi connectivity index (χ3v) is 3.98. The standard InChI is InChI=1S/C16H17IN4/c1-12(2)21-7-6-16(19-21)11-20-10-14(9-18-20)13-4-3-5-15(17)8-13/h3-10,12H,11H2,1-2H3. The van der Waals surface area contributed by atoms with Gasteiger partial charge in [0.2, 0.25) is 0 Å². The van der Waals surface area contributed by atoms with Gasteiger partial charge in [0.15, 0.2) is 0 Å². The largest absolute Gasteiger partial charge is 0.270 e. The van der Waals surface area contributed by atoms with Gasteiger partial charge in [-0.1, -0.05) is 12.1 Å². The van der Waals surface area contributed by atoms with Crippen LogP contribution in [0.3, 0.4) is 0 Å². The Morgan fingerprint density at radius 1 is 1.19 bits per heavy atom. The highest BCUT2D eigenvalue weighted by atomic mass is 127. The third kappa shape index (κ3) is 3.34. The molecular formula is C16H17IN4. The van der Waals surface area contributed by atoms with Gasteiger partial charge in [0.05, 0.1) is 18.4 Å². The molecule has 0 unspecified atom stereocenters. The van der Waals surface area contributed by atoms with Crippen molar-refractivity contribution in [1.82, 2.24) is 19.6 Å². The number of benzene rings is 1. The molecule has 4 nitrogen and oxygen atoms in total. The minimum absolute atomic E-state index is 0.387. The molecule has 0 amide bonds. The Kier molecular flexibility index (Phi) is 4.10. The Balaban J connectivity index is 1.78. The summed E-state index contributed by atoms with van der Waals surface area (Å²) in [5, 5.41) is 8.99. The topological polar surface area (TPSA) is 35.6 Å². The second-order valence-corrected chi connectivity index (χ2v) is 6.56. The van der Waals surface area contributed by atoms with E-state index in [1.807, 2.05) is 27.8 Å². The zero-order valence-electron chi connectivity index (χ0n) is 12.1. The number of halogens is 1. The first kappa shape index (κ1) is 14.3. The lowest BCUT2D eigenvalue weighted by atomic mass is 10.1. The molecule has 3 aromatic rings. The minimum atomic E-state index is 0.387. The maximum atomic E-state index is 4.56. The summed E-state index contributed by atoms with van der Waals surface area (Å²) in [6.45, 7) is 4.95. The molecular weight excluding hydrogens is 375 g/mol. The second kappa shape index (κ2) is 6.01. The van der Waals surface area contributed by atoms with Gasteiger partial charge in [-0.3, -0.25) is 9.36 Å². The van der Waals surface area contributed by atoms with Crippen molar-refractivity contribution in [3.05, 3.63) is 58.2 Å². The van der Waals surface area contributed by atoms with Crippen molar-refractivity contribution < 1.29 is 0 Å². The van der Waals surface area contributed by atoms with Gasteiger partial charge in [-0.05, 0) is 60.2 Å². The van der Waals surface area contributed by atoms with Gasteiger partial charge in [-0.2, -0.15) is 10.2 Å². The highest BCUT2D eigenvalue weighted by Crippen LogP contribution is 2.20. The van der Waals surface area contributed by atoms with Crippen molar-refractivity contribution in [2.45, 2.75) is 26.4 Å². The maximum Gasteiger partial charge on any atom is 0.0850 e. The Morgan fingerprint density at radius 3 is 2.76 bits per heavy atom. The quantitative estimate of drug-likeness (QED) is 0.630. The van der Waals surface area contributed by atoms with Crippen LogP contribution in [0, 0.1) is 3.57 Å². The number of nitrogens with zero attached hydrogens (tertiary/aromatic N) is 4. The second-order valence-electron chi connectivity index (χ2n) is 5.32. The van der Waals surface area contributed by atoms with Crippen molar-refractivity contribution in [3.8, 4) is 11.1 Å². The molecule has 1 aromatic carbocycles. The number of rotatable bonds is 4. The van der Waals surface area contributed by atoms with E-state index < -0.39 is 0 Å². The smallest absolute Gasteiger partial charge is 0.0850 e. The minimum Gasteiger partial charge on any atom is -0.270 e. The summed E-state index contributed by atoms with van der Waals surface area (Å²) in [6, 6.07) is 10.9. The molecule has 2 aromatic heterocycles. The molecule has 0 fully saturated rings. The van der Waals surface area contributed by atoms with E-state index in [9.17, 15) is 0 Å². The fourth-order valence-electron chi connectivity index (χ4n) is 2.18. The van der Waals surface area contributed by atoms with Crippen molar-refractivity contribution in [1.29, 1.82) is 0 Å². The lowest BCUT2D eigenvalue weighted by Gasteiger charge is -2.03. The highest BCUT2D eigenvalue weighted by molar-refractivity contribution is 14.1.